The van der Waals surface area contributed by atoms with E-state index in [0.717, 1.165) is 65.6 Å². The number of nitriles is 2. The summed E-state index contributed by atoms with van der Waals surface area (Å²) in [6, 6.07) is 51.0. The third kappa shape index (κ3) is 3.59. The predicted octanol–water partition coefficient (Wildman–Crippen LogP) is 11.8. The molecular formula is C47H28N4O. The standard InChI is InChI=1S/C47H28N4O/c1-47(2)37-15-7-3-11-29(37)33-21-34-35-22-36-32-14-6-10-18-45(32)52-46(36)24-44(35)51(43(34)23-38(33)47)42-20-27(25-48)41(19-28(42)26-49)50-39-16-8-4-12-30(39)31-13-5-9-17-40(31)50/h3-24H,1-2H3. The Morgan fingerprint density at radius 3 is 1.71 bits per heavy atom. The lowest BCUT2D eigenvalue weighted by Crippen LogP contribution is -2.15. The van der Waals surface area contributed by atoms with Crippen LogP contribution in [-0.4, -0.2) is 9.13 Å². The van der Waals surface area contributed by atoms with E-state index in [9.17, 15) is 10.5 Å². The Bertz CT molecular complexity index is 3250. The number of aromatic nitrogens is 2. The highest BCUT2D eigenvalue weighted by Gasteiger charge is 2.36. The van der Waals surface area contributed by atoms with Crippen molar-refractivity contribution in [2.45, 2.75) is 19.3 Å². The third-order valence-electron chi connectivity index (χ3n) is 11.4. The van der Waals surface area contributed by atoms with E-state index in [1.807, 2.05) is 54.6 Å². The van der Waals surface area contributed by atoms with Crippen LogP contribution in [-0.2, 0) is 5.41 Å². The molecular weight excluding hydrogens is 637 g/mol. The predicted molar refractivity (Wildman–Crippen MR) is 209 cm³/mol. The van der Waals surface area contributed by atoms with Gasteiger partial charge in [-0.3, -0.25) is 0 Å². The van der Waals surface area contributed by atoms with Gasteiger partial charge in [0.25, 0.3) is 0 Å². The maximum atomic E-state index is 10.9. The molecule has 0 radical (unpaired) electrons. The van der Waals surface area contributed by atoms with Gasteiger partial charge in [-0.05, 0) is 70.8 Å². The first-order valence-electron chi connectivity index (χ1n) is 17.5. The van der Waals surface area contributed by atoms with Crippen molar-refractivity contribution in [3.8, 4) is 34.6 Å². The quantitative estimate of drug-likeness (QED) is 0.185. The average Bonchev–Trinajstić information content (AvgIpc) is 3.88. The van der Waals surface area contributed by atoms with E-state index in [1.54, 1.807) is 0 Å². The molecule has 3 aromatic heterocycles. The van der Waals surface area contributed by atoms with Crippen molar-refractivity contribution < 1.29 is 4.42 Å². The molecule has 242 valence electrons. The van der Waals surface area contributed by atoms with Crippen LogP contribution in [0.15, 0.2) is 138 Å². The molecule has 5 heteroatoms. The molecule has 11 rings (SSSR count). The van der Waals surface area contributed by atoms with Gasteiger partial charge in [0.2, 0.25) is 0 Å². The van der Waals surface area contributed by atoms with E-state index < -0.39 is 0 Å². The number of nitrogens with zero attached hydrogens (tertiary/aromatic N) is 4. The number of hydrogen-bond acceptors (Lipinski definition) is 3. The van der Waals surface area contributed by atoms with Crippen LogP contribution in [0.3, 0.4) is 0 Å². The molecule has 7 aromatic carbocycles. The molecule has 5 nitrogen and oxygen atoms in total. The zero-order valence-electron chi connectivity index (χ0n) is 28.4. The SMILES string of the molecule is CC1(C)c2ccccc2-c2cc3c4cc5c(cc4n(-c4cc(C#N)c(-n6c7ccccc7c7ccccc76)cc4C#N)c3cc21)oc1ccccc15. The molecule has 1 aliphatic rings. The van der Waals surface area contributed by atoms with Crippen molar-refractivity contribution >= 4 is 65.6 Å². The summed E-state index contributed by atoms with van der Waals surface area (Å²) in [5.74, 6) is 0. The fourth-order valence-corrected chi connectivity index (χ4v) is 9.00. The van der Waals surface area contributed by atoms with Gasteiger partial charge in [-0.15, -0.1) is 0 Å². The molecule has 0 spiro atoms. The first kappa shape index (κ1) is 28.7. The summed E-state index contributed by atoms with van der Waals surface area (Å²) in [7, 11) is 0. The van der Waals surface area contributed by atoms with E-state index in [2.05, 4.69) is 114 Å². The molecule has 52 heavy (non-hydrogen) atoms. The largest absolute Gasteiger partial charge is 0.456 e. The van der Waals surface area contributed by atoms with Gasteiger partial charge in [-0.2, -0.15) is 10.5 Å². The summed E-state index contributed by atoms with van der Waals surface area (Å²) in [5.41, 5.74) is 12.6. The second-order valence-electron chi connectivity index (χ2n) is 14.4. The lowest BCUT2D eigenvalue weighted by molar-refractivity contribution is 0.661. The van der Waals surface area contributed by atoms with Crippen LogP contribution in [0.2, 0.25) is 0 Å². The molecule has 0 aliphatic heterocycles. The van der Waals surface area contributed by atoms with Crippen LogP contribution < -0.4 is 0 Å². The van der Waals surface area contributed by atoms with Gasteiger partial charge in [0.15, 0.2) is 0 Å². The van der Waals surface area contributed by atoms with Crippen LogP contribution in [0.4, 0.5) is 0 Å². The van der Waals surface area contributed by atoms with Crippen LogP contribution in [0, 0.1) is 22.7 Å². The topological polar surface area (TPSA) is 70.6 Å². The Kier molecular flexibility index (Phi) is 5.53. The second kappa shape index (κ2) is 10.0. The smallest absolute Gasteiger partial charge is 0.137 e. The lowest BCUT2D eigenvalue weighted by atomic mass is 9.82. The number of furan rings is 1. The molecule has 0 amide bonds. The monoisotopic (exact) mass is 664 g/mol. The Balaban J connectivity index is 1.27. The summed E-state index contributed by atoms with van der Waals surface area (Å²) in [5, 5.41) is 28.2. The minimum atomic E-state index is -0.221. The summed E-state index contributed by atoms with van der Waals surface area (Å²) in [6.45, 7) is 4.57. The number of hydrogen-bond donors (Lipinski definition) is 0. The first-order chi connectivity index (χ1) is 25.5. The molecule has 0 atom stereocenters. The molecule has 0 unspecified atom stereocenters. The Labute approximate surface area is 298 Å². The molecule has 1 aliphatic carbocycles. The number of para-hydroxylation sites is 3. The first-order valence-corrected chi connectivity index (χ1v) is 17.5. The number of rotatable bonds is 2. The highest BCUT2D eigenvalue weighted by Crippen LogP contribution is 2.51. The second-order valence-corrected chi connectivity index (χ2v) is 14.4. The molecule has 0 bridgehead atoms. The van der Waals surface area contributed by atoms with Crippen LogP contribution in [0.25, 0.3) is 88.1 Å². The van der Waals surface area contributed by atoms with Gasteiger partial charge in [0.1, 0.15) is 23.3 Å². The molecule has 0 fully saturated rings. The maximum absolute atomic E-state index is 10.9. The van der Waals surface area contributed by atoms with Crippen molar-refractivity contribution in [2.75, 3.05) is 0 Å². The van der Waals surface area contributed by atoms with Crippen molar-refractivity contribution in [3.63, 3.8) is 0 Å². The number of fused-ring (bicyclic) bond motifs is 12. The van der Waals surface area contributed by atoms with E-state index in [0.29, 0.717) is 22.5 Å². The highest BCUT2D eigenvalue weighted by molar-refractivity contribution is 6.18. The van der Waals surface area contributed by atoms with Crippen molar-refractivity contribution in [2.24, 2.45) is 0 Å². The van der Waals surface area contributed by atoms with Gasteiger partial charge in [-0.25, -0.2) is 0 Å². The van der Waals surface area contributed by atoms with E-state index in [1.165, 1.54) is 22.3 Å². The van der Waals surface area contributed by atoms with Crippen molar-refractivity contribution in [1.82, 2.24) is 9.13 Å². The summed E-state index contributed by atoms with van der Waals surface area (Å²) < 4.78 is 10.7. The molecule has 0 saturated carbocycles. The maximum Gasteiger partial charge on any atom is 0.137 e. The minimum absolute atomic E-state index is 0.221. The van der Waals surface area contributed by atoms with Gasteiger partial charge in [0.05, 0.1) is 44.6 Å². The van der Waals surface area contributed by atoms with E-state index in [-0.39, 0.29) is 5.41 Å². The molecule has 0 saturated heterocycles. The van der Waals surface area contributed by atoms with Gasteiger partial charge < -0.3 is 13.6 Å². The van der Waals surface area contributed by atoms with Gasteiger partial charge >= 0.3 is 0 Å². The zero-order chi connectivity index (χ0) is 34.9. The summed E-state index contributed by atoms with van der Waals surface area (Å²) in [6.07, 6.45) is 0. The third-order valence-corrected chi connectivity index (χ3v) is 11.4. The van der Waals surface area contributed by atoms with Crippen LogP contribution in [0.1, 0.15) is 36.1 Å². The molecule has 3 heterocycles. The normalized spacial score (nSPS) is 13.3. The van der Waals surface area contributed by atoms with Crippen molar-refractivity contribution in [3.05, 3.63) is 156 Å². The summed E-state index contributed by atoms with van der Waals surface area (Å²) in [4.78, 5) is 0. The highest BCUT2D eigenvalue weighted by atomic mass is 16.3. The van der Waals surface area contributed by atoms with Crippen LogP contribution in [0.5, 0.6) is 0 Å². The van der Waals surface area contributed by atoms with Crippen LogP contribution >= 0.6 is 0 Å². The molecule has 10 aromatic rings. The fourth-order valence-electron chi connectivity index (χ4n) is 9.00. The average molecular weight is 665 g/mol. The zero-order valence-corrected chi connectivity index (χ0v) is 28.4. The summed E-state index contributed by atoms with van der Waals surface area (Å²) >= 11 is 0. The molecule has 0 N–H and O–H groups in total. The number of benzene rings is 7. The van der Waals surface area contributed by atoms with Crippen molar-refractivity contribution in [1.29, 1.82) is 10.5 Å². The van der Waals surface area contributed by atoms with E-state index >= 15 is 0 Å². The van der Waals surface area contributed by atoms with Gasteiger partial charge in [-0.1, -0.05) is 92.7 Å². The van der Waals surface area contributed by atoms with Gasteiger partial charge in [0, 0.05) is 43.8 Å². The lowest BCUT2D eigenvalue weighted by Gasteiger charge is -2.22. The Hall–Kier alpha value is -7.08. The Morgan fingerprint density at radius 1 is 0.462 bits per heavy atom. The minimum Gasteiger partial charge on any atom is -0.456 e. The Morgan fingerprint density at radius 2 is 1.02 bits per heavy atom. The fraction of sp³-hybridized carbons (Fsp3) is 0.0638. The van der Waals surface area contributed by atoms with E-state index in [4.69, 9.17) is 4.42 Å².